The van der Waals surface area contributed by atoms with Crippen LogP contribution in [0.3, 0.4) is 0 Å². The summed E-state index contributed by atoms with van der Waals surface area (Å²) in [7, 11) is -2.73. The monoisotopic (exact) mass is 531 g/mol. The SMILES string of the molecule is CNC(=O)C(C)N(Cc1ccc(F)cc1)C(=O)CN(c1ccccc1C)S(=O)(=O)c1ccc(Cl)cc1. The molecule has 190 valence electrons. The van der Waals surface area contributed by atoms with Crippen LogP contribution in [0.25, 0.3) is 0 Å². The number of rotatable bonds is 9. The zero-order valence-corrected chi connectivity index (χ0v) is 21.7. The zero-order chi connectivity index (χ0) is 26.5. The van der Waals surface area contributed by atoms with Gasteiger partial charge in [0.15, 0.2) is 0 Å². The largest absolute Gasteiger partial charge is 0.357 e. The molecule has 0 fully saturated rings. The summed E-state index contributed by atoms with van der Waals surface area (Å²) in [5, 5.41) is 2.89. The number of likely N-dealkylation sites (N-methyl/N-ethyl adjacent to an activating group) is 1. The highest BCUT2D eigenvalue weighted by Crippen LogP contribution is 2.28. The van der Waals surface area contributed by atoms with E-state index in [2.05, 4.69) is 5.32 Å². The van der Waals surface area contributed by atoms with Gasteiger partial charge in [-0.05, 0) is 67.4 Å². The van der Waals surface area contributed by atoms with E-state index < -0.39 is 40.2 Å². The van der Waals surface area contributed by atoms with Crippen LogP contribution in [0.1, 0.15) is 18.1 Å². The molecule has 3 rings (SSSR count). The molecule has 0 aromatic heterocycles. The number of anilines is 1. The first-order valence-corrected chi connectivity index (χ1v) is 13.0. The summed E-state index contributed by atoms with van der Waals surface area (Å²) in [6.45, 7) is 2.72. The van der Waals surface area contributed by atoms with Gasteiger partial charge in [-0.25, -0.2) is 12.8 Å². The van der Waals surface area contributed by atoms with Crippen LogP contribution in [0, 0.1) is 12.7 Å². The molecule has 0 bridgehead atoms. The summed E-state index contributed by atoms with van der Waals surface area (Å²) in [6.07, 6.45) is 0. The lowest BCUT2D eigenvalue weighted by atomic mass is 10.1. The molecule has 10 heteroatoms. The molecule has 0 saturated carbocycles. The van der Waals surface area contributed by atoms with E-state index in [1.807, 2.05) is 0 Å². The molecule has 2 amide bonds. The minimum Gasteiger partial charge on any atom is -0.357 e. The number of sulfonamides is 1. The molecule has 1 N–H and O–H groups in total. The van der Waals surface area contributed by atoms with Gasteiger partial charge in [0.1, 0.15) is 18.4 Å². The quantitative estimate of drug-likeness (QED) is 0.449. The topological polar surface area (TPSA) is 86.8 Å². The number of nitrogens with one attached hydrogen (secondary N) is 1. The Morgan fingerprint density at radius 1 is 1.00 bits per heavy atom. The Kier molecular flexibility index (Phi) is 8.70. The summed E-state index contributed by atoms with van der Waals surface area (Å²) in [5.74, 6) is -1.46. The summed E-state index contributed by atoms with van der Waals surface area (Å²) < 4.78 is 41.8. The smallest absolute Gasteiger partial charge is 0.264 e. The fourth-order valence-electron chi connectivity index (χ4n) is 3.67. The van der Waals surface area contributed by atoms with Crippen LogP contribution in [-0.2, 0) is 26.2 Å². The Hall–Kier alpha value is -3.43. The van der Waals surface area contributed by atoms with Crippen LogP contribution >= 0.6 is 11.6 Å². The van der Waals surface area contributed by atoms with Gasteiger partial charge >= 0.3 is 0 Å². The number of amides is 2. The molecule has 1 atom stereocenters. The minimum absolute atomic E-state index is 0.0176. The maximum atomic E-state index is 13.7. The number of hydrogen-bond donors (Lipinski definition) is 1. The third-order valence-corrected chi connectivity index (χ3v) is 7.77. The Morgan fingerprint density at radius 3 is 2.19 bits per heavy atom. The van der Waals surface area contributed by atoms with Crippen molar-refractivity contribution in [2.45, 2.75) is 31.3 Å². The van der Waals surface area contributed by atoms with E-state index in [9.17, 15) is 22.4 Å². The molecule has 3 aromatic carbocycles. The van der Waals surface area contributed by atoms with Crippen molar-refractivity contribution < 1.29 is 22.4 Å². The van der Waals surface area contributed by atoms with E-state index in [-0.39, 0.29) is 11.4 Å². The highest BCUT2D eigenvalue weighted by molar-refractivity contribution is 7.92. The Bertz CT molecular complexity index is 1330. The van der Waals surface area contributed by atoms with E-state index >= 15 is 0 Å². The van der Waals surface area contributed by atoms with Crippen LogP contribution in [0.2, 0.25) is 5.02 Å². The summed E-state index contributed by atoms with van der Waals surface area (Å²) >= 11 is 5.94. The number of benzene rings is 3. The molecule has 0 aliphatic heterocycles. The molecular formula is C26H27ClFN3O4S. The van der Waals surface area contributed by atoms with Crippen molar-refractivity contribution in [2.75, 3.05) is 17.9 Å². The highest BCUT2D eigenvalue weighted by Gasteiger charge is 2.32. The van der Waals surface area contributed by atoms with Crippen LogP contribution in [0.15, 0.2) is 77.7 Å². The van der Waals surface area contributed by atoms with E-state index in [1.165, 1.54) is 60.5 Å². The van der Waals surface area contributed by atoms with Crippen molar-refractivity contribution in [1.82, 2.24) is 10.2 Å². The third kappa shape index (κ3) is 6.22. The van der Waals surface area contributed by atoms with Crippen LogP contribution in [-0.4, -0.2) is 44.8 Å². The summed E-state index contributed by atoms with van der Waals surface area (Å²) in [4.78, 5) is 27.3. The molecule has 0 saturated heterocycles. The van der Waals surface area contributed by atoms with Gasteiger partial charge < -0.3 is 10.2 Å². The minimum atomic E-state index is -4.17. The first kappa shape index (κ1) is 27.2. The highest BCUT2D eigenvalue weighted by atomic mass is 35.5. The predicted molar refractivity (Wildman–Crippen MR) is 138 cm³/mol. The van der Waals surface area contributed by atoms with Crippen molar-refractivity contribution in [1.29, 1.82) is 0 Å². The van der Waals surface area contributed by atoms with Gasteiger partial charge in [-0.2, -0.15) is 0 Å². The lowest BCUT2D eigenvalue weighted by molar-refractivity contribution is -0.139. The van der Waals surface area contributed by atoms with E-state index in [0.717, 1.165) is 4.31 Å². The predicted octanol–water partition coefficient (Wildman–Crippen LogP) is 4.15. The standard InChI is InChI=1S/C26H27ClFN3O4S/c1-18-6-4-5-7-24(18)31(36(34,35)23-14-10-21(27)11-15-23)17-25(32)30(19(2)26(33)29-3)16-20-8-12-22(28)13-9-20/h4-15,19H,16-17H2,1-3H3,(H,29,33). The maximum Gasteiger partial charge on any atom is 0.264 e. The number of nitrogens with zero attached hydrogens (tertiary/aromatic N) is 2. The van der Waals surface area contributed by atoms with Crippen molar-refractivity contribution >= 4 is 39.1 Å². The molecular weight excluding hydrogens is 505 g/mol. The average molecular weight is 532 g/mol. The van der Waals surface area contributed by atoms with Gasteiger partial charge in [-0.3, -0.25) is 13.9 Å². The van der Waals surface area contributed by atoms with Gasteiger partial charge in [0.05, 0.1) is 10.6 Å². The molecule has 1 unspecified atom stereocenters. The van der Waals surface area contributed by atoms with Gasteiger partial charge in [-0.15, -0.1) is 0 Å². The lowest BCUT2D eigenvalue weighted by Crippen LogP contribution is -2.50. The second-order valence-electron chi connectivity index (χ2n) is 8.19. The molecule has 3 aromatic rings. The fraction of sp³-hybridized carbons (Fsp3) is 0.231. The molecule has 0 aliphatic rings. The number of para-hydroxylation sites is 1. The van der Waals surface area contributed by atoms with Crippen LogP contribution in [0.5, 0.6) is 0 Å². The van der Waals surface area contributed by atoms with Crippen molar-refractivity contribution in [3.05, 3.63) is 94.8 Å². The Morgan fingerprint density at radius 2 is 1.61 bits per heavy atom. The second kappa shape index (κ2) is 11.5. The van der Waals surface area contributed by atoms with Gasteiger partial charge in [0, 0.05) is 18.6 Å². The molecule has 0 radical (unpaired) electrons. The van der Waals surface area contributed by atoms with Crippen molar-refractivity contribution in [3.8, 4) is 0 Å². The number of aryl methyl sites for hydroxylation is 1. The molecule has 0 heterocycles. The number of hydrogen-bond acceptors (Lipinski definition) is 4. The zero-order valence-electron chi connectivity index (χ0n) is 20.1. The molecule has 7 nitrogen and oxygen atoms in total. The number of carbonyl (C=O) groups is 2. The number of carbonyl (C=O) groups excluding carboxylic acids is 2. The lowest BCUT2D eigenvalue weighted by Gasteiger charge is -2.32. The fourth-order valence-corrected chi connectivity index (χ4v) is 5.27. The molecule has 0 aliphatic carbocycles. The van der Waals surface area contributed by atoms with Crippen molar-refractivity contribution in [2.24, 2.45) is 0 Å². The van der Waals surface area contributed by atoms with E-state index in [1.54, 1.807) is 38.1 Å². The summed E-state index contributed by atoms with van der Waals surface area (Å²) in [5.41, 5.74) is 1.56. The third-order valence-electron chi connectivity index (χ3n) is 5.74. The summed E-state index contributed by atoms with van der Waals surface area (Å²) in [6, 6.07) is 17.1. The van der Waals surface area contributed by atoms with Gasteiger partial charge in [0.2, 0.25) is 11.8 Å². The normalized spacial score (nSPS) is 12.0. The average Bonchev–Trinajstić information content (AvgIpc) is 2.86. The van der Waals surface area contributed by atoms with Gasteiger partial charge in [-0.1, -0.05) is 41.9 Å². The first-order valence-electron chi connectivity index (χ1n) is 11.1. The Balaban J connectivity index is 2.04. The van der Waals surface area contributed by atoms with E-state index in [4.69, 9.17) is 11.6 Å². The first-order chi connectivity index (χ1) is 17.0. The van der Waals surface area contributed by atoms with Crippen molar-refractivity contribution in [3.63, 3.8) is 0 Å². The van der Waals surface area contributed by atoms with Crippen LogP contribution in [0.4, 0.5) is 10.1 Å². The number of halogens is 2. The Labute approximate surface area is 215 Å². The van der Waals surface area contributed by atoms with Crippen LogP contribution < -0.4 is 9.62 Å². The van der Waals surface area contributed by atoms with Gasteiger partial charge in [0.25, 0.3) is 10.0 Å². The maximum absolute atomic E-state index is 13.7. The molecule has 36 heavy (non-hydrogen) atoms. The molecule has 0 spiro atoms. The van der Waals surface area contributed by atoms with E-state index in [0.29, 0.717) is 21.8 Å². The second-order valence-corrected chi connectivity index (χ2v) is 10.5.